The zero-order valence-electron chi connectivity index (χ0n) is 14.3. The standard InChI is InChI=1S/C19H13F2N5O2/c20-10-3-1-9(2-4-10)11-5-12(11)13-6-15(14-7-23-19(28)24-18(14)27)25-26-16(21)8-22-17(13)26/h1-4,6-8,11-12H,5H2,(H2,23,24,27,28)/t11-,12+/m1/s1. The van der Waals surface area contributed by atoms with E-state index < -0.39 is 17.2 Å². The van der Waals surface area contributed by atoms with Gasteiger partial charge in [0.05, 0.1) is 17.5 Å². The Labute approximate surface area is 155 Å². The van der Waals surface area contributed by atoms with Gasteiger partial charge in [-0.3, -0.25) is 9.78 Å². The summed E-state index contributed by atoms with van der Waals surface area (Å²) >= 11 is 0. The molecular formula is C19H13F2N5O2. The number of hydrogen-bond donors (Lipinski definition) is 2. The molecule has 9 heteroatoms. The van der Waals surface area contributed by atoms with Crippen LogP contribution in [0.5, 0.6) is 0 Å². The monoisotopic (exact) mass is 381 g/mol. The van der Waals surface area contributed by atoms with E-state index in [2.05, 4.69) is 20.1 Å². The Morgan fingerprint density at radius 3 is 2.64 bits per heavy atom. The molecule has 3 heterocycles. The van der Waals surface area contributed by atoms with Gasteiger partial charge in [-0.25, -0.2) is 14.2 Å². The number of rotatable bonds is 3. The first-order chi connectivity index (χ1) is 13.5. The van der Waals surface area contributed by atoms with E-state index in [1.165, 1.54) is 18.3 Å². The first kappa shape index (κ1) is 16.5. The molecule has 7 nitrogen and oxygen atoms in total. The Bertz CT molecular complexity index is 1320. The number of nitrogens with zero attached hydrogens (tertiary/aromatic N) is 3. The van der Waals surface area contributed by atoms with Crippen molar-refractivity contribution in [1.82, 2.24) is 24.6 Å². The summed E-state index contributed by atoms with van der Waals surface area (Å²) < 4.78 is 28.4. The molecule has 1 aliphatic carbocycles. The highest BCUT2D eigenvalue weighted by Crippen LogP contribution is 2.55. The molecule has 5 rings (SSSR count). The van der Waals surface area contributed by atoms with Crippen LogP contribution in [0.25, 0.3) is 16.9 Å². The Morgan fingerprint density at radius 2 is 1.89 bits per heavy atom. The predicted octanol–water partition coefficient (Wildman–Crippen LogP) is 2.32. The van der Waals surface area contributed by atoms with Gasteiger partial charge in [-0.05, 0) is 42.0 Å². The summed E-state index contributed by atoms with van der Waals surface area (Å²) in [6, 6.07) is 7.98. The number of nitrogens with one attached hydrogen (secondary N) is 2. The molecule has 0 unspecified atom stereocenters. The maximum atomic E-state index is 14.2. The molecule has 1 saturated carbocycles. The minimum atomic E-state index is -0.655. The van der Waals surface area contributed by atoms with Gasteiger partial charge in [0.2, 0.25) is 5.95 Å². The molecule has 28 heavy (non-hydrogen) atoms. The smallest absolute Gasteiger partial charge is 0.313 e. The van der Waals surface area contributed by atoms with Crippen LogP contribution in [-0.4, -0.2) is 24.6 Å². The summed E-state index contributed by atoms with van der Waals surface area (Å²) in [5, 5.41) is 4.16. The van der Waals surface area contributed by atoms with Gasteiger partial charge in [0, 0.05) is 11.8 Å². The molecule has 1 aliphatic rings. The van der Waals surface area contributed by atoms with Crippen LogP contribution in [0.1, 0.15) is 29.4 Å². The molecule has 140 valence electrons. The first-order valence-corrected chi connectivity index (χ1v) is 8.63. The van der Waals surface area contributed by atoms with E-state index >= 15 is 0 Å². The van der Waals surface area contributed by atoms with E-state index in [-0.39, 0.29) is 28.9 Å². The molecule has 2 atom stereocenters. The Kier molecular flexibility index (Phi) is 3.51. The Morgan fingerprint density at radius 1 is 1.11 bits per heavy atom. The second kappa shape index (κ2) is 5.95. The lowest BCUT2D eigenvalue weighted by atomic mass is 10.0. The minimum absolute atomic E-state index is 0.0401. The number of aromatic amines is 2. The second-order valence-electron chi connectivity index (χ2n) is 6.79. The van der Waals surface area contributed by atoms with Crippen LogP contribution in [0.3, 0.4) is 0 Å². The van der Waals surface area contributed by atoms with Crippen LogP contribution in [0, 0.1) is 11.8 Å². The zero-order chi connectivity index (χ0) is 19.4. The van der Waals surface area contributed by atoms with Crippen LogP contribution < -0.4 is 11.2 Å². The minimum Gasteiger partial charge on any atom is -0.313 e. The molecule has 0 aliphatic heterocycles. The van der Waals surface area contributed by atoms with E-state index in [0.717, 1.165) is 28.3 Å². The summed E-state index contributed by atoms with van der Waals surface area (Å²) in [6.07, 6.45) is 3.11. The van der Waals surface area contributed by atoms with E-state index in [1.807, 2.05) is 0 Å². The third kappa shape index (κ3) is 2.63. The molecule has 4 aromatic rings. The Balaban J connectivity index is 1.64. The number of H-pyrrole nitrogens is 2. The van der Waals surface area contributed by atoms with Crippen molar-refractivity contribution in [2.75, 3.05) is 0 Å². The number of aromatic nitrogens is 5. The van der Waals surface area contributed by atoms with Gasteiger partial charge in [0.15, 0.2) is 5.65 Å². The van der Waals surface area contributed by atoms with Gasteiger partial charge in [0.25, 0.3) is 5.56 Å². The molecule has 0 radical (unpaired) electrons. The van der Waals surface area contributed by atoms with Crippen molar-refractivity contribution in [2.45, 2.75) is 18.3 Å². The lowest BCUT2D eigenvalue weighted by molar-refractivity contribution is 0.549. The predicted molar refractivity (Wildman–Crippen MR) is 96.1 cm³/mol. The SMILES string of the molecule is O=c1[nH]cc(-c2cc([C@H]3C[C@@H]3c3ccc(F)cc3)c3ncc(F)n3n2)c(=O)[nH]1. The second-order valence-corrected chi connectivity index (χ2v) is 6.79. The van der Waals surface area contributed by atoms with Crippen molar-refractivity contribution < 1.29 is 8.78 Å². The van der Waals surface area contributed by atoms with Crippen molar-refractivity contribution in [1.29, 1.82) is 0 Å². The fourth-order valence-corrected chi connectivity index (χ4v) is 3.59. The lowest BCUT2D eigenvalue weighted by Crippen LogP contribution is -2.23. The number of halogens is 2. The zero-order valence-corrected chi connectivity index (χ0v) is 14.3. The third-order valence-electron chi connectivity index (χ3n) is 5.04. The normalized spacial score (nSPS) is 18.5. The van der Waals surface area contributed by atoms with E-state index in [1.54, 1.807) is 18.2 Å². The third-order valence-corrected chi connectivity index (χ3v) is 5.04. The van der Waals surface area contributed by atoms with Crippen LogP contribution in [0.15, 0.2) is 52.3 Å². The highest BCUT2D eigenvalue weighted by molar-refractivity contribution is 5.63. The van der Waals surface area contributed by atoms with E-state index in [0.29, 0.717) is 5.65 Å². The maximum Gasteiger partial charge on any atom is 0.325 e. The van der Waals surface area contributed by atoms with Crippen LogP contribution in [-0.2, 0) is 0 Å². The van der Waals surface area contributed by atoms with E-state index in [4.69, 9.17) is 0 Å². The fraction of sp³-hybridized carbons (Fsp3) is 0.158. The fourth-order valence-electron chi connectivity index (χ4n) is 3.59. The van der Waals surface area contributed by atoms with Crippen LogP contribution >= 0.6 is 0 Å². The van der Waals surface area contributed by atoms with Gasteiger partial charge in [0.1, 0.15) is 5.82 Å². The summed E-state index contributed by atoms with van der Waals surface area (Å²) in [7, 11) is 0. The Hall–Kier alpha value is -3.62. The van der Waals surface area contributed by atoms with Crippen molar-refractivity contribution in [3.8, 4) is 11.3 Å². The highest BCUT2D eigenvalue weighted by Gasteiger charge is 2.41. The average molecular weight is 381 g/mol. The highest BCUT2D eigenvalue weighted by atomic mass is 19.1. The van der Waals surface area contributed by atoms with Gasteiger partial charge in [-0.1, -0.05) is 12.1 Å². The quantitative estimate of drug-likeness (QED) is 0.569. The number of imidazole rings is 1. The molecule has 0 spiro atoms. The van der Waals surface area contributed by atoms with Crippen LogP contribution in [0.2, 0.25) is 0 Å². The van der Waals surface area contributed by atoms with Crippen molar-refractivity contribution in [3.05, 3.63) is 86.5 Å². The molecular weight excluding hydrogens is 368 g/mol. The topological polar surface area (TPSA) is 95.9 Å². The van der Waals surface area contributed by atoms with Crippen molar-refractivity contribution in [2.24, 2.45) is 0 Å². The van der Waals surface area contributed by atoms with Gasteiger partial charge in [-0.2, -0.15) is 14.0 Å². The summed E-state index contributed by atoms with van der Waals surface area (Å²) in [5.41, 5.74) is 1.19. The molecule has 3 aromatic heterocycles. The van der Waals surface area contributed by atoms with Crippen molar-refractivity contribution in [3.63, 3.8) is 0 Å². The number of fused-ring (bicyclic) bond motifs is 1. The molecule has 2 N–H and O–H groups in total. The number of benzene rings is 1. The van der Waals surface area contributed by atoms with Crippen LogP contribution in [0.4, 0.5) is 8.78 Å². The summed E-state index contributed by atoms with van der Waals surface area (Å²) in [4.78, 5) is 32.1. The van der Waals surface area contributed by atoms with E-state index in [9.17, 15) is 18.4 Å². The lowest BCUT2D eigenvalue weighted by Gasteiger charge is -2.07. The largest absolute Gasteiger partial charge is 0.325 e. The molecule has 0 amide bonds. The van der Waals surface area contributed by atoms with Gasteiger partial charge in [-0.15, -0.1) is 0 Å². The molecule has 0 saturated heterocycles. The average Bonchev–Trinajstić information content (AvgIpc) is 3.38. The van der Waals surface area contributed by atoms with Gasteiger partial charge >= 0.3 is 5.69 Å². The number of hydrogen-bond acceptors (Lipinski definition) is 4. The van der Waals surface area contributed by atoms with Gasteiger partial charge < -0.3 is 4.98 Å². The molecule has 1 aromatic carbocycles. The summed E-state index contributed by atoms with van der Waals surface area (Å²) in [6.45, 7) is 0. The maximum absolute atomic E-state index is 14.2. The first-order valence-electron chi connectivity index (χ1n) is 8.63. The summed E-state index contributed by atoms with van der Waals surface area (Å²) in [5.74, 6) is -0.772. The molecule has 1 fully saturated rings. The molecule has 0 bridgehead atoms. The van der Waals surface area contributed by atoms with Crippen molar-refractivity contribution >= 4 is 5.65 Å².